The minimum Gasteiger partial charge on any atom is -0.353 e. The summed E-state index contributed by atoms with van der Waals surface area (Å²) in [5.41, 5.74) is 2.00. The van der Waals surface area contributed by atoms with Crippen molar-refractivity contribution in [3.8, 4) is 10.4 Å². The topological polar surface area (TPSA) is 58.1 Å². The molecular weight excluding hydrogens is 332 g/mol. The van der Waals surface area contributed by atoms with E-state index in [1.807, 2.05) is 29.2 Å². The van der Waals surface area contributed by atoms with Gasteiger partial charge in [0, 0.05) is 23.0 Å². The zero-order valence-electron chi connectivity index (χ0n) is 12.1. The van der Waals surface area contributed by atoms with E-state index in [0.29, 0.717) is 13.1 Å². The number of carbonyl (C=O) groups excluding carboxylic acids is 1. The molecule has 0 spiro atoms. The van der Waals surface area contributed by atoms with Gasteiger partial charge in [0.1, 0.15) is 6.33 Å². The smallest absolute Gasteiger partial charge is 0.239 e. The molecule has 2 aromatic heterocycles. The van der Waals surface area contributed by atoms with E-state index >= 15 is 0 Å². The number of hydrogen-bond acceptors (Lipinski definition) is 5. The standard InChI is InChI=1S/C16H13ClN4OS/c17-11-3-1-10(2-4-11)13-7-12-15(23-13)16(20-9-19-12)21-6-5-18-14(22)8-21/h1-4,7,9H,5-6,8H2,(H,18,22). The normalized spacial score (nSPS) is 15.0. The Morgan fingerprint density at radius 3 is 2.83 bits per heavy atom. The minimum atomic E-state index is 0.0255. The highest BCUT2D eigenvalue weighted by Crippen LogP contribution is 2.37. The van der Waals surface area contributed by atoms with Gasteiger partial charge in [-0.15, -0.1) is 11.3 Å². The Labute approximate surface area is 141 Å². The third-order valence-electron chi connectivity index (χ3n) is 3.76. The Kier molecular flexibility index (Phi) is 3.63. The Morgan fingerprint density at radius 2 is 2.04 bits per heavy atom. The third-order valence-corrected chi connectivity index (χ3v) is 5.18. The molecule has 0 aliphatic carbocycles. The molecule has 1 aliphatic rings. The Balaban J connectivity index is 1.78. The lowest BCUT2D eigenvalue weighted by molar-refractivity contribution is -0.120. The number of benzene rings is 1. The number of carbonyl (C=O) groups is 1. The molecule has 0 saturated carbocycles. The molecule has 1 N–H and O–H groups in total. The quantitative estimate of drug-likeness (QED) is 0.776. The Morgan fingerprint density at radius 1 is 1.22 bits per heavy atom. The zero-order valence-corrected chi connectivity index (χ0v) is 13.7. The van der Waals surface area contributed by atoms with Crippen molar-refractivity contribution in [3.63, 3.8) is 0 Å². The van der Waals surface area contributed by atoms with Crippen molar-refractivity contribution >= 4 is 44.9 Å². The summed E-state index contributed by atoms with van der Waals surface area (Å²) in [6, 6.07) is 9.80. The molecule has 0 radical (unpaired) electrons. The highest BCUT2D eigenvalue weighted by molar-refractivity contribution is 7.22. The second-order valence-corrected chi connectivity index (χ2v) is 6.79. The van der Waals surface area contributed by atoms with Crippen LogP contribution in [0.3, 0.4) is 0 Å². The lowest BCUT2D eigenvalue weighted by Gasteiger charge is -2.27. The molecule has 1 saturated heterocycles. The first-order valence-electron chi connectivity index (χ1n) is 7.23. The molecule has 4 rings (SSSR count). The van der Waals surface area contributed by atoms with Gasteiger partial charge >= 0.3 is 0 Å². The Bertz CT molecular complexity index is 877. The number of piperazine rings is 1. The average Bonchev–Trinajstić information content (AvgIpc) is 2.99. The van der Waals surface area contributed by atoms with Crippen LogP contribution in [0.1, 0.15) is 0 Å². The maximum absolute atomic E-state index is 11.6. The van der Waals surface area contributed by atoms with Crippen LogP contribution < -0.4 is 10.2 Å². The lowest BCUT2D eigenvalue weighted by Crippen LogP contribution is -2.48. The van der Waals surface area contributed by atoms with E-state index in [2.05, 4.69) is 21.4 Å². The number of hydrogen-bond donors (Lipinski definition) is 1. The molecule has 0 bridgehead atoms. The number of amides is 1. The van der Waals surface area contributed by atoms with E-state index in [9.17, 15) is 4.79 Å². The van der Waals surface area contributed by atoms with E-state index in [4.69, 9.17) is 11.6 Å². The monoisotopic (exact) mass is 344 g/mol. The number of fused-ring (bicyclic) bond motifs is 1. The van der Waals surface area contributed by atoms with E-state index in [-0.39, 0.29) is 5.91 Å². The van der Waals surface area contributed by atoms with Gasteiger partial charge in [-0.25, -0.2) is 9.97 Å². The van der Waals surface area contributed by atoms with Crippen molar-refractivity contribution in [2.24, 2.45) is 0 Å². The number of halogens is 1. The fourth-order valence-electron chi connectivity index (χ4n) is 2.64. The predicted octanol–water partition coefficient (Wildman–Crippen LogP) is 2.95. The molecule has 0 unspecified atom stereocenters. The van der Waals surface area contributed by atoms with Crippen molar-refractivity contribution in [1.29, 1.82) is 0 Å². The molecule has 23 heavy (non-hydrogen) atoms. The number of thiophene rings is 1. The van der Waals surface area contributed by atoms with Crippen molar-refractivity contribution in [2.45, 2.75) is 0 Å². The Hall–Kier alpha value is -2.18. The van der Waals surface area contributed by atoms with E-state index < -0.39 is 0 Å². The maximum atomic E-state index is 11.6. The highest BCUT2D eigenvalue weighted by atomic mass is 35.5. The summed E-state index contributed by atoms with van der Waals surface area (Å²) < 4.78 is 1.01. The molecule has 3 aromatic rings. The van der Waals surface area contributed by atoms with E-state index in [1.54, 1.807) is 17.7 Å². The third kappa shape index (κ3) is 2.75. The molecule has 1 fully saturated rings. The van der Waals surface area contributed by atoms with Crippen molar-refractivity contribution in [3.05, 3.63) is 41.7 Å². The molecule has 116 valence electrons. The second kappa shape index (κ2) is 5.79. The first-order chi connectivity index (χ1) is 11.2. The maximum Gasteiger partial charge on any atom is 0.239 e. The van der Waals surface area contributed by atoms with Gasteiger partial charge in [0.25, 0.3) is 0 Å². The lowest BCUT2D eigenvalue weighted by atomic mass is 10.2. The van der Waals surface area contributed by atoms with E-state index in [0.717, 1.165) is 38.0 Å². The summed E-state index contributed by atoms with van der Waals surface area (Å²) in [7, 11) is 0. The van der Waals surface area contributed by atoms with Crippen LogP contribution in [0.2, 0.25) is 5.02 Å². The van der Waals surface area contributed by atoms with Crippen molar-refractivity contribution < 1.29 is 4.79 Å². The zero-order chi connectivity index (χ0) is 15.8. The van der Waals surface area contributed by atoms with Gasteiger partial charge in [0.05, 0.1) is 16.8 Å². The van der Waals surface area contributed by atoms with Crippen LogP contribution >= 0.6 is 22.9 Å². The molecule has 0 atom stereocenters. The molecule has 5 nitrogen and oxygen atoms in total. The fraction of sp³-hybridized carbons (Fsp3) is 0.188. The molecule has 3 heterocycles. The van der Waals surface area contributed by atoms with Gasteiger partial charge < -0.3 is 10.2 Å². The SMILES string of the molecule is O=C1CN(c2ncnc3cc(-c4ccc(Cl)cc4)sc23)CCN1. The van der Waals surface area contributed by atoms with Crippen LogP contribution in [0.15, 0.2) is 36.7 Å². The van der Waals surface area contributed by atoms with Crippen LogP contribution in [-0.4, -0.2) is 35.5 Å². The van der Waals surface area contributed by atoms with Crippen LogP contribution in [0, 0.1) is 0 Å². The van der Waals surface area contributed by atoms with Gasteiger partial charge in [0.2, 0.25) is 5.91 Å². The van der Waals surface area contributed by atoms with Crippen LogP contribution in [0.4, 0.5) is 5.82 Å². The summed E-state index contributed by atoms with van der Waals surface area (Å²) in [6.45, 7) is 1.73. The summed E-state index contributed by atoms with van der Waals surface area (Å²) in [4.78, 5) is 23.5. The largest absolute Gasteiger partial charge is 0.353 e. The highest BCUT2D eigenvalue weighted by Gasteiger charge is 2.21. The fourth-order valence-corrected chi connectivity index (χ4v) is 3.90. The van der Waals surface area contributed by atoms with Crippen LogP contribution in [0.25, 0.3) is 20.7 Å². The number of anilines is 1. The van der Waals surface area contributed by atoms with E-state index in [1.165, 1.54) is 0 Å². The molecule has 1 aliphatic heterocycles. The predicted molar refractivity (Wildman–Crippen MR) is 93.1 cm³/mol. The minimum absolute atomic E-state index is 0.0255. The summed E-state index contributed by atoms with van der Waals surface area (Å²) in [5, 5.41) is 3.55. The van der Waals surface area contributed by atoms with Crippen LogP contribution in [-0.2, 0) is 4.79 Å². The van der Waals surface area contributed by atoms with Gasteiger partial charge in [-0.3, -0.25) is 4.79 Å². The van der Waals surface area contributed by atoms with Gasteiger partial charge in [0.15, 0.2) is 5.82 Å². The number of nitrogens with zero attached hydrogens (tertiary/aromatic N) is 3. The van der Waals surface area contributed by atoms with Crippen molar-refractivity contribution in [2.75, 3.05) is 24.5 Å². The molecule has 7 heteroatoms. The first-order valence-corrected chi connectivity index (χ1v) is 8.42. The van der Waals surface area contributed by atoms with Gasteiger partial charge in [-0.05, 0) is 23.8 Å². The molecule has 1 amide bonds. The number of aromatic nitrogens is 2. The van der Waals surface area contributed by atoms with Gasteiger partial charge in [-0.2, -0.15) is 0 Å². The summed E-state index contributed by atoms with van der Waals surface area (Å²) in [5.74, 6) is 0.854. The summed E-state index contributed by atoms with van der Waals surface area (Å²) >= 11 is 7.59. The number of nitrogens with one attached hydrogen (secondary N) is 1. The summed E-state index contributed by atoms with van der Waals surface area (Å²) in [6.07, 6.45) is 1.56. The molecule has 1 aromatic carbocycles. The second-order valence-electron chi connectivity index (χ2n) is 5.30. The average molecular weight is 345 g/mol. The number of rotatable bonds is 2. The van der Waals surface area contributed by atoms with Crippen molar-refractivity contribution in [1.82, 2.24) is 15.3 Å². The molecular formula is C16H13ClN4OS. The van der Waals surface area contributed by atoms with Gasteiger partial charge in [-0.1, -0.05) is 23.7 Å². The first kappa shape index (κ1) is 14.4. The van der Waals surface area contributed by atoms with Crippen LogP contribution in [0.5, 0.6) is 0 Å².